The summed E-state index contributed by atoms with van der Waals surface area (Å²) < 4.78 is 0. The Hall–Kier alpha value is -2.34. The van der Waals surface area contributed by atoms with Crippen LogP contribution in [0.1, 0.15) is 24.5 Å². The molecule has 6 nitrogen and oxygen atoms in total. The molecule has 1 aliphatic carbocycles. The van der Waals surface area contributed by atoms with E-state index < -0.39 is 0 Å². The molecule has 0 amide bonds. The molecule has 0 radical (unpaired) electrons. The van der Waals surface area contributed by atoms with Gasteiger partial charge in [0.15, 0.2) is 0 Å². The quantitative estimate of drug-likeness (QED) is 0.892. The molecule has 1 saturated carbocycles. The van der Waals surface area contributed by atoms with Gasteiger partial charge in [-0.15, -0.1) is 0 Å². The summed E-state index contributed by atoms with van der Waals surface area (Å²) in [5, 5.41) is 0. The molecule has 1 saturated heterocycles. The van der Waals surface area contributed by atoms with Gasteiger partial charge < -0.3 is 21.3 Å². The number of hydrogen-bond acceptors (Lipinski definition) is 6. The summed E-state index contributed by atoms with van der Waals surface area (Å²) in [5.41, 5.74) is 14.2. The zero-order chi connectivity index (χ0) is 16.5. The molecule has 1 aromatic carbocycles. The fourth-order valence-electron chi connectivity index (χ4n) is 3.58. The number of anilines is 3. The number of nitrogens with zero attached hydrogens (tertiary/aromatic N) is 4. The summed E-state index contributed by atoms with van der Waals surface area (Å²) >= 11 is 0. The number of aromatic nitrogens is 2. The molecule has 0 unspecified atom stereocenters. The van der Waals surface area contributed by atoms with Crippen LogP contribution in [0.15, 0.2) is 36.4 Å². The van der Waals surface area contributed by atoms with E-state index in [-0.39, 0.29) is 0 Å². The average Bonchev–Trinajstić information content (AvgIpc) is 2.59. The van der Waals surface area contributed by atoms with E-state index in [9.17, 15) is 0 Å². The maximum Gasteiger partial charge on any atom is 0.222 e. The van der Waals surface area contributed by atoms with Crippen molar-refractivity contribution in [2.75, 3.05) is 41.7 Å². The van der Waals surface area contributed by atoms with Crippen molar-refractivity contribution in [3.63, 3.8) is 0 Å². The van der Waals surface area contributed by atoms with Crippen molar-refractivity contribution in [2.45, 2.75) is 24.8 Å². The fraction of sp³-hybridized carbons (Fsp3) is 0.444. The Morgan fingerprint density at radius 1 is 0.917 bits per heavy atom. The molecule has 2 aromatic rings. The molecule has 1 aromatic heterocycles. The Kier molecular flexibility index (Phi) is 3.98. The third-order valence-corrected chi connectivity index (χ3v) is 5.07. The van der Waals surface area contributed by atoms with Crippen LogP contribution < -0.4 is 21.3 Å². The maximum absolute atomic E-state index is 5.95. The van der Waals surface area contributed by atoms with Crippen molar-refractivity contribution in [1.82, 2.24) is 9.97 Å². The summed E-state index contributed by atoms with van der Waals surface area (Å²) in [5.74, 6) is 1.76. The molecular weight excluding hydrogens is 300 g/mol. The number of rotatable bonds is 3. The van der Waals surface area contributed by atoms with Crippen LogP contribution in [0.5, 0.6) is 0 Å². The lowest BCUT2D eigenvalue weighted by Gasteiger charge is -2.37. The predicted molar refractivity (Wildman–Crippen MR) is 97.3 cm³/mol. The highest BCUT2D eigenvalue weighted by Gasteiger charge is 2.29. The van der Waals surface area contributed by atoms with Crippen LogP contribution in [-0.2, 0) is 0 Å². The van der Waals surface area contributed by atoms with Gasteiger partial charge in [-0.25, -0.2) is 4.98 Å². The van der Waals surface area contributed by atoms with E-state index in [1.807, 2.05) is 0 Å². The van der Waals surface area contributed by atoms with Gasteiger partial charge >= 0.3 is 0 Å². The van der Waals surface area contributed by atoms with Gasteiger partial charge in [0, 0.05) is 49.9 Å². The van der Waals surface area contributed by atoms with Crippen LogP contribution in [0.3, 0.4) is 0 Å². The number of hydrogen-bond donors (Lipinski definition) is 2. The molecular formula is C18H24N6. The number of benzene rings is 1. The lowest BCUT2D eigenvalue weighted by Crippen LogP contribution is -2.47. The van der Waals surface area contributed by atoms with Gasteiger partial charge in [-0.3, -0.25) is 0 Å². The molecule has 2 aliphatic rings. The van der Waals surface area contributed by atoms with E-state index >= 15 is 0 Å². The molecule has 1 aliphatic heterocycles. The highest BCUT2D eigenvalue weighted by atomic mass is 15.3. The van der Waals surface area contributed by atoms with Crippen molar-refractivity contribution in [2.24, 2.45) is 5.73 Å². The van der Waals surface area contributed by atoms with Crippen LogP contribution >= 0.6 is 0 Å². The molecule has 6 heteroatoms. The minimum Gasteiger partial charge on any atom is -0.368 e. The molecule has 0 spiro atoms. The zero-order valence-electron chi connectivity index (χ0n) is 13.8. The Morgan fingerprint density at radius 3 is 2.25 bits per heavy atom. The average molecular weight is 324 g/mol. The first kappa shape index (κ1) is 15.2. The number of nitrogen functional groups attached to an aromatic ring is 1. The summed E-state index contributed by atoms with van der Waals surface area (Å²) in [7, 11) is 0. The standard InChI is InChI=1S/C18H24N6/c19-14-10-13(11-14)16-12-17(22-18(20)21-16)24-8-6-23(7-9-24)15-4-2-1-3-5-15/h1-5,12-14H,6-11,19H2,(H2,20,21,22). The highest BCUT2D eigenvalue weighted by Crippen LogP contribution is 2.36. The van der Waals surface area contributed by atoms with Crippen molar-refractivity contribution in [3.8, 4) is 0 Å². The van der Waals surface area contributed by atoms with Crippen LogP contribution in [0.25, 0.3) is 0 Å². The summed E-state index contributed by atoms with van der Waals surface area (Å²) in [4.78, 5) is 13.6. The minimum atomic E-state index is 0.309. The third-order valence-electron chi connectivity index (χ3n) is 5.07. The topological polar surface area (TPSA) is 84.3 Å². The first-order chi connectivity index (χ1) is 11.7. The molecule has 126 valence electrons. The van der Waals surface area contributed by atoms with Crippen LogP contribution in [0.2, 0.25) is 0 Å². The van der Waals surface area contributed by atoms with Gasteiger partial charge in [0.05, 0.1) is 5.69 Å². The highest BCUT2D eigenvalue weighted by molar-refractivity contribution is 5.50. The van der Waals surface area contributed by atoms with Crippen LogP contribution in [0.4, 0.5) is 17.5 Å². The van der Waals surface area contributed by atoms with Crippen LogP contribution in [0, 0.1) is 0 Å². The smallest absolute Gasteiger partial charge is 0.222 e. The minimum absolute atomic E-state index is 0.309. The van der Waals surface area contributed by atoms with Gasteiger partial charge in [-0.05, 0) is 25.0 Å². The molecule has 2 fully saturated rings. The van der Waals surface area contributed by atoms with Gasteiger partial charge in [-0.1, -0.05) is 18.2 Å². The Labute approximate surface area is 142 Å². The zero-order valence-corrected chi connectivity index (χ0v) is 13.8. The first-order valence-corrected chi connectivity index (χ1v) is 8.64. The Balaban J connectivity index is 1.45. The molecule has 0 bridgehead atoms. The SMILES string of the molecule is Nc1nc(C2CC(N)C2)cc(N2CCN(c3ccccc3)CC2)n1. The van der Waals surface area contributed by atoms with Crippen molar-refractivity contribution < 1.29 is 0 Å². The Morgan fingerprint density at radius 2 is 1.58 bits per heavy atom. The molecule has 4 rings (SSSR count). The lowest BCUT2D eigenvalue weighted by atomic mass is 9.78. The largest absolute Gasteiger partial charge is 0.368 e. The van der Waals surface area contributed by atoms with Gasteiger partial charge in [0.2, 0.25) is 5.95 Å². The monoisotopic (exact) mass is 324 g/mol. The maximum atomic E-state index is 5.95. The third kappa shape index (κ3) is 3.01. The second kappa shape index (κ2) is 6.28. The van der Waals surface area contributed by atoms with E-state index in [0.717, 1.165) is 50.5 Å². The van der Waals surface area contributed by atoms with Crippen molar-refractivity contribution in [1.29, 1.82) is 0 Å². The summed E-state index contributed by atoms with van der Waals surface area (Å²) in [6.45, 7) is 3.85. The van der Waals surface area contributed by atoms with E-state index in [1.165, 1.54) is 5.69 Å². The molecule has 4 N–H and O–H groups in total. The molecule has 24 heavy (non-hydrogen) atoms. The van der Waals surface area contributed by atoms with E-state index in [4.69, 9.17) is 11.5 Å². The first-order valence-electron chi connectivity index (χ1n) is 8.64. The van der Waals surface area contributed by atoms with Gasteiger partial charge in [0.25, 0.3) is 0 Å². The molecule has 2 heterocycles. The Bertz CT molecular complexity index is 690. The van der Waals surface area contributed by atoms with E-state index in [2.05, 4.69) is 56.2 Å². The molecule has 0 atom stereocenters. The van der Waals surface area contributed by atoms with Gasteiger partial charge in [0.1, 0.15) is 5.82 Å². The van der Waals surface area contributed by atoms with Crippen molar-refractivity contribution >= 4 is 17.5 Å². The number of piperazine rings is 1. The van der Waals surface area contributed by atoms with Crippen molar-refractivity contribution in [3.05, 3.63) is 42.1 Å². The van der Waals surface area contributed by atoms with E-state index in [1.54, 1.807) is 0 Å². The fourth-order valence-corrected chi connectivity index (χ4v) is 3.58. The second-order valence-electron chi connectivity index (χ2n) is 6.75. The second-order valence-corrected chi connectivity index (χ2v) is 6.75. The van der Waals surface area contributed by atoms with Crippen LogP contribution in [-0.4, -0.2) is 42.2 Å². The normalized spacial score (nSPS) is 23.9. The summed E-state index contributed by atoms with van der Waals surface area (Å²) in [6, 6.07) is 13.0. The van der Waals surface area contributed by atoms with E-state index in [0.29, 0.717) is 17.9 Å². The number of nitrogens with two attached hydrogens (primary N) is 2. The lowest BCUT2D eigenvalue weighted by molar-refractivity contribution is 0.345. The predicted octanol–water partition coefficient (Wildman–Crippen LogP) is 1.59. The number of para-hydroxylation sites is 1. The van der Waals surface area contributed by atoms with Gasteiger partial charge in [-0.2, -0.15) is 4.98 Å². The summed E-state index contributed by atoms with van der Waals surface area (Å²) in [6.07, 6.45) is 2.00.